The van der Waals surface area contributed by atoms with Gasteiger partial charge in [-0.25, -0.2) is 0 Å². The van der Waals surface area contributed by atoms with Gasteiger partial charge in [0.05, 0.1) is 0 Å². The van der Waals surface area contributed by atoms with Crippen LogP contribution in [0.5, 0.6) is 0 Å². The molecule has 19 heavy (non-hydrogen) atoms. The zero-order chi connectivity index (χ0) is 13.3. The van der Waals surface area contributed by atoms with Crippen LogP contribution in [0.1, 0.15) is 26.2 Å². The molecular weight excluding hydrogens is 256 g/mol. The van der Waals surface area contributed by atoms with Gasteiger partial charge < -0.3 is 9.80 Å². The first-order valence-electron chi connectivity index (χ1n) is 7.44. The van der Waals surface area contributed by atoms with Crippen LogP contribution in [0.25, 0.3) is 0 Å². The number of hydrogen-bond donors (Lipinski definition) is 0. The summed E-state index contributed by atoms with van der Waals surface area (Å²) in [6, 6.07) is 8.28. The average Bonchev–Trinajstić information content (AvgIpc) is 2.84. The SMILES string of the molecule is CCN1CCC2(CCN(c3ccc(Cl)cc3)CC2)C1. The molecule has 0 amide bonds. The molecule has 1 aromatic carbocycles. The van der Waals surface area contributed by atoms with Gasteiger partial charge in [0.1, 0.15) is 0 Å². The Kier molecular flexibility index (Phi) is 3.72. The van der Waals surface area contributed by atoms with Crippen molar-refractivity contribution in [1.29, 1.82) is 0 Å². The Bertz CT molecular complexity index is 421. The van der Waals surface area contributed by atoms with E-state index in [1.54, 1.807) is 0 Å². The summed E-state index contributed by atoms with van der Waals surface area (Å²) in [5.74, 6) is 0. The monoisotopic (exact) mass is 278 g/mol. The summed E-state index contributed by atoms with van der Waals surface area (Å²) in [6.07, 6.45) is 4.08. The number of rotatable bonds is 2. The summed E-state index contributed by atoms with van der Waals surface area (Å²) < 4.78 is 0. The molecule has 104 valence electrons. The lowest BCUT2D eigenvalue weighted by Crippen LogP contribution is -2.41. The van der Waals surface area contributed by atoms with Crippen molar-refractivity contribution in [3.63, 3.8) is 0 Å². The highest BCUT2D eigenvalue weighted by atomic mass is 35.5. The van der Waals surface area contributed by atoms with Crippen molar-refractivity contribution in [2.24, 2.45) is 5.41 Å². The predicted molar refractivity (Wildman–Crippen MR) is 82.1 cm³/mol. The van der Waals surface area contributed by atoms with Crippen LogP contribution < -0.4 is 4.90 Å². The minimum atomic E-state index is 0.610. The summed E-state index contributed by atoms with van der Waals surface area (Å²) in [7, 11) is 0. The first kappa shape index (κ1) is 13.3. The number of anilines is 1. The van der Waals surface area contributed by atoms with E-state index in [-0.39, 0.29) is 0 Å². The zero-order valence-corrected chi connectivity index (χ0v) is 12.5. The smallest absolute Gasteiger partial charge is 0.0407 e. The van der Waals surface area contributed by atoms with Crippen molar-refractivity contribution < 1.29 is 0 Å². The van der Waals surface area contributed by atoms with Crippen LogP contribution in [-0.4, -0.2) is 37.6 Å². The largest absolute Gasteiger partial charge is 0.371 e. The van der Waals surface area contributed by atoms with Crippen LogP contribution in [0.4, 0.5) is 5.69 Å². The van der Waals surface area contributed by atoms with Gasteiger partial charge in [0.25, 0.3) is 0 Å². The molecular formula is C16H23ClN2. The molecule has 2 saturated heterocycles. The number of halogens is 1. The number of benzene rings is 1. The topological polar surface area (TPSA) is 6.48 Å². The molecule has 2 nitrogen and oxygen atoms in total. The maximum atomic E-state index is 5.96. The van der Waals surface area contributed by atoms with Gasteiger partial charge in [0, 0.05) is 30.3 Å². The maximum Gasteiger partial charge on any atom is 0.0407 e. The second-order valence-corrected chi connectivity index (χ2v) is 6.52. The van der Waals surface area contributed by atoms with Crippen molar-refractivity contribution in [2.75, 3.05) is 37.6 Å². The van der Waals surface area contributed by atoms with Crippen molar-refractivity contribution in [3.8, 4) is 0 Å². The fraction of sp³-hybridized carbons (Fsp3) is 0.625. The quantitative estimate of drug-likeness (QED) is 0.815. The lowest BCUT2D eigenvalue weighted by molar-refractivity contribution is 0.213. The van der Waals surface area contributed by atoms with Crippen LogP contribution >= 0.6 is 11.6 Å². The third-order valence-electron chi connectivity index (χ3n) is 4.98. The van der Waals surface area contributed by atoms with Crippen LogP contribution in [-0.2, 0) is 0 Å². The number of piperidine rings is 1. The summed E-state index contributed by atoms with van der Waals surface area (Å²) in [5.41, 5.74) is 1.93. The van der Waals surface area contributed by atoms with Gasteiger partial charge in [-0.1, -0.05) is 18.5 Å². The Hall–Kier alpha value is -0.730. The van der Waals surface area contributed by atoms with Crippen molar-refractivity contribution in [2.45, 2.75) is 26.2 Å². The van der Waals surface area contributed by atoms with Gasteiger partial charge >= 0.3 is 0 Å². The van der Waals surface area contributed by atoms with E-state index in [1.165, 1.54) is 57.7 Å². The normalized spacial score (nSPS) is 23.2. The van der Waals surface area contributed by atoms with E-state index >= 15 is 0 Å². The highest BCUT2D eigenvalue weighted by Gasteiger charge is 2.39. The molecule has 1 aromatic rings. The molecule has 0 N–H and O–H groups in total. The van der Waals surface area contributed by atoms with Gasteiger partial charge in [-0.3, -0.25) is 0 Å². The molecule has 2 aliphatic rings. The lowest BCUT2D eigenvalue weighted by Gasteiger charge is -2.40. The first-order chi connectivity index (χ1) is 9.21. The maximum absolute atomic E-state index is 5.96. The minimum Gasteiger partial charge on any atom is -0.371 e. The fourth-order valence-corrected chi connectivity index (χ4v) is 3.72. The van der Waals surface area contributed by atoms with Crippen LogP contribution in [0, 0.1) is 5.41 Å². The molecule has 0 unspecified atom stereocenters. The average molecular weight is 279 g/mol. The van der Waals surface area contributed by atoms with Crippen LogP contribution in [0.2, 0.25) is 5.02 Å². The number of nitrogens with zero attached hydrogens (tertiary/aromatic N) is 2. The van der Waals surface area contributed by atoms with E-state index in [1.807, 2.05) is 12.1 Å². The Morgan fingerprint density at radius 2 is 1.68 bits per heavy atom. The zero-order valence-electron chi connectivity index (χ0n) is 11.7. The van der Waals surface area contributed by atoms with E-state index in [0.717, 1.165) is 5.02 Å². The Morgan fingerprint density at radius 1 is 1.05 bits per heavy atom. The van der Waals surface area contributed by atoms with Gasteiger partial charge in [-0.15, -0.1) is 0 Å². The van der Waals surface area contributed by atoms with E-state index in [0.29, 0.717) is 5.41 Å². The standard InChI is InChI=1S/C16H23ClN2/c1-2-18-10-7-16(13-18)8-11-19(12-9-16)15-5-3-14(17)4-6-15/h3-6H,2,7-13H2,1H3. The second-order valence-electron chi connectivity index (χ2n) is 6.08. The molecule has 0 atom stereocenters. The molecule has 2 fully saturated rings. The van der Waals surface area contributed by atoms with Gasteiger partial charge in [-0.2, -0.15) is 0 Å². The minimum absolute atomic E-state index is 0.610. The molecule has 0 aliphatic carbocycles. The highest BCUT2D eigenvalue weighted by Crippen LogP contribution is 2.41. The highest BCUT2D eigenvalue weighted by molar-refractivity contribution is 6.30. The third kappa shape index (κ3) is 2.75. The van der Waals surface area contributed by atoms with E-state index < -0.39 is 0 Å². The molecule has 3 rings (SSSR count). The van der Waals surface area contributed by atoms with Crippen LogP contribution in [0.3, 0.4) is 0 Å². The Morgan fingerprint density at radius 3 is 2.26 bits per heavy atom. The first-order valence-corrected chi connectivity index (χ1v) is 7.81. The van der Waals surface area contributed by atoms with Crippen molar-refractivity contribution in [3.05, 3.63) is 29.3 Å². The Balaban J connectivity index is 1.62. The lowest BCUT2D eigenvalue weighted by atomic mass is 9.77. The van der Waals surface area contributed by atoms with Crippen molar-refractivity contribution in [1.82, 2.24) is 4.90 Å². The van der Waals surface area contributed by atoms with E-state index in [4.69, 9.17) is 11.6 Å². The molecule has 0 aromatic heterocycles. The predicted octanol–water partition coefficient (Wildman–Crippen LogP) is 3.65. The summed E-state index contributed by atoms with van der Waals surface area (Å²) >= 11 is 5.96. The molecule has 0 saturated carbocycles. The number of likely N-dealkylation sites (tertiary alicyclic amines) is 1. The molecule has 0 bridgehead atoms. The molecule has 1 spiro atoms. The third-order valence-corrected chi connectivity index (χ3v) is 5.23. The summed E-state index contributed by atoms with van der Waals surface area (Å²) in [4.78, 5) is 5.12. The van der Waals surface area contributed by atoms with Gasteiger partial charge in [-0.05, 0) is 62.0 Å². The van der Waals surface area contributed by atoms with E-state index in [9.17, 15) is 0 Å². The molecule has 0 radical (unpaired) electrons. The summed E-state index contributed by atoms with van der Waals surface area (Å²) in [6.45, 7) is 8.50. The van der Waals surface area contributed by atoms with Gasteiger partial charge in [0.2, 0.25) is 0 Å². The number of hydrogen-bond acceptors (Lipinski definition) is 2. The molecule has 2 aliphatic heterocycles. The van der Waals surface area contributed by atoms with E-state index in [2.05, 4.69) is 28.9 Å². The second kappa shape index (κ2) is 5.34. The fourth-order valence-electron chi connectivity index (χ4n) is 3.60. The van der Waals surface area contributed by atoms with Gasteiger partial charge in [0.15, 0.2) is 0 Å². The summed E-state index contributed by atoms with van der Waals surface area (Å²) in [5, 5.41) is 0.826. The molecule has 2 heterocycles. The molecule has 3 heteroatoms. The van der Waals surface area contributed by atoms with Crippen LogP contribution in [0.15, 0.2) is 24.3 Å². The van der Waals surface area contributed by atoms with Crippen molar-refractivity contribution >= 4 is 17.3 Å². The Labute approximate surface area is 121 Å².